The average Bonchev–Trinajstić information content (AvgIpc) is 2.91. The van der Waals surface area contributed by atoms with Crippen LogP contribution in [0, 0.1) is 17.8 Å². The van der Waals surface area contributed by atoms with E-state index in [1.807, 2.05) is 12.1 Å². The van der Waals surface area contributed by atoms with E-state index in [2.05, 4.69) is 28.9 Å². The molecule has 3 saturated heterocycles. The van der Waals surface area contributed by atoms with Crippen molar-refractivity contribution in [1.29, 1.82) is 0 Å². The molecule has 4 aliphatic rings. The molecule has 2 bridgehead atoms. The second-order valence-corrected chi connectivity index (χ2v) is 8.15. The molecule has 0 N–H and O–H groups in total. The number of anilines is 1. The Kier molecular flexibility index (Phi) is 4.51. The average molecular weight is 326 g/mol. The van der Waals surface area contributed by atoms with Gasteiger partial charge in [-0.05, 0) is 74.1 Å². The van der Waals surface area contributed by atoms with Crippen molar-refractivity contribution < 1.29 is 4.79 Å². The Bertz CT molecular complexity index is 560. The van der Waals surface area contributed by atoms with Crippen LogP contribution in [0.2, 0.25) is 0 Å². The summed E-state index contributed by atoms with van der Waals surface area (Å²) in [5.74, 6) is 2.55. The minimum atomic E-state index is 0.244. The zero-order valence-corrected chi connectivity index (χ0v) is 14.9. The van der Waals surface area contributed by atoms with Gasteiger partial charge in [0.25, 0.3) is 5.91 Å². The van der Waals surface area contributed by atoms with Gasteiger partial charge in [0.2, 0.25) is 0 Å². The molecule has 1 saturated carbocycles. The second-order valence-electron chi connectivity index (χ2n) is 8.15. The molecule has 3 heteroatoms. The predicted octanol–water partition coefficient (Wildman–Crippen LogP) is 4.19. The molecule has 4 fully saturated rings. The van der Waals surface area contributed by atoms with Gasteiger partial charge in [0.15, 0.2) is 0 Å². The van der Waals surface area contributed by atoms with Crippen molar-refractivity contribution in [2.75, 3.05) is 31.1 Å². The molecule has 1 atom stereocenters. The smallest absolute Gasteiger partial charge is 0.253 e. The quantitative estimate of drug-likeness (QED) is 0.832. The number of hydrogen-bond donors (Lipinski definition) is 0. The van der Waals surface area contributed by atoms with Crippen molar-refractivity contribution in [1.82, 2.24) is 4.90 Å². The van der Waals surface area contributed by atoms with Crippen LogP contribution in [0.1, 0.15) is 55.8 Å². The number of fused-ring (bicyclic) bond motifs is 4. The van der Waals surface area contributed by atoms with Crippen LogP contribution < -0.4 is 4.90 Å². The molecule has 130 valence electrons. The molecule has 3 heterocycles. The highest BCUT2D eigenvalue weighted by molar-refractivity contribution is 5.94. The first-order valence-electron chi connectivity index (χ1n) is 9.87. The summed E-state index contributed by atoms with van der Waals surface area (Å²) in [6, 6.07) is 8.39. The Labute approximate surface area is 146 Å². The zero-order valence-electron chi connectivity index (χ0n) is 14.9. The number of amides is 1. The lowest BCUT2D eigenvalue weighted by Crippen LogP contribution is -2.34. The second kappa shape index (κ2) is 6.78. The molecule has 1 aromatic carbocycles. The number of hydrogen-bond acceptors (Lipinski definition) is 2. The van der Waals surface area contributed by atoms with Gasteiger partial charge >= 0.3 is 0 Å². The number of carbonyl (C=O) groups excluding carboxylic acids is 1. The van der Waals surface area contributed by atoms with E-state index < -0.39 is 0 Å². The summed E-state index contributed by atoms with van der Waals surface area (Å²) < 4.78 is 0. The first kappa shape index (κ1) is 16.0. The van der Waals surface area contributed by atoms with Crippen LogP contribution in [0.3, 0.4) is 0 Å². The van der Waals surface area contributed by atoms with E-state index in [-0.39, 0.29) is 5.91 Å². The molecule has 3 aliphatic heterocycles. The van der Waals surface area contributed by atoms with E-state index in [4.69, 9.17) is 0 Å². The van der Waals surface area contributed by atoms with E-state index in [9.17, 15) is 4.79 Å². The maximum Gasteiger partial charge on any atom is 0.253 e. The third kappa shape index (κ3) is 3.18. The molecular weight excluding hydrogens is 296 g/mol. The maximum atomic E-state index is 12.9. The SMILES string of the molecule is CCC1CCN(c2ccc(C(=O)N3CC4CCC(CC4)C3)cc2)C1. The first-order valence-corrected chi connectivity index (χ1v) is 9.87. The van der Waals surface area contributed by atoms with Gasteiger partial charge in [-0.15, -0.1) is 0 Å². The van der Waals surface area contributed by atoms with Crippen molar-refractivity contribution in [3.63, 3.8) is 0 Å². The Hall–Kier alpha value is -1.51. The summed E-state index contributed by atoms with van der Waals surface area (Å²) in [5, 5.41) is 0. The number of carbonyl (C=O) groups is 1. The van der Waals surface area contributed by atoms with E-state index in [0.29, 0.717) is 0 Å². The highest BCUT2D eigenvalue weighted by Gasteiger charge is 2.32. The van der Waals surface area contributed by atoms with Gasteiger partial charge in [0.05, 0.1) is 0 Å². The lowest BCUT2D eigenvalue weighted by atomic mass is 9.84. The number of benzene rings is 1. The molecule has 3 nitrogen and oxygen atoms in total. The lowest BCUT2D eigenvalue weighted by Gasteiger charge is -2.23. The van der Waals surface area contributed by atoms with Gasteiger partial charge in [-0.25, -0.2) is 0 Å². The van der Waals surface area contributed by atoms with Crippen molar-refractivity contribution in [2.24, 2.45) is 17.8 Å². The van der Waals surface area contributed by atoms with Crippen molar-refractivity contribution >= 4 is 11.6 Å². The van der Waals surface area contributed by atoms with Gasteiger partial charge in [0, 0.05) is 37.4 Å². The molecule has 0 spiro atoms. The Morgan fingerprint density at radius 3 is 2.12 bits per heavy atom. The minimum Gasteiger partial charge on any atom is -0.371 e. The Morgan fingerprint density at radius 2 is 1.58 bits per heavy atom. The first-order chi connectivity index (χ1) is 11.7. The highest BCUT2D eigenvalue weighted by Crippen LogP contribution is 2.34. The third-order valence-corrected chi connectivity index (χ3v) is 6.55. The summed E-state index contributed by atoms with van der Waals surface area (Å²) in [6.07, 6.45) is 7.85. The van der Waals surface area contributed by atoms with E-state index in [1.165, 1.54) is 50.8 Å². The highest BCUT2D eigenvalue weighted by atomic mass is 16.2. The fraction of sp³-hybridized carbons (Fsp3) is 0.667. The van der Waals surface area contributed by atoms with Gasteiger partial charge in [-0.3, -0.25) is 4.79 Å². The maximum absolute atomic E-state index is 12.9. The van der Waals surface area contributed by atoms with Gasteiger partial charge in [-0.1, -0.05) is 13.3 Å². The summed E-state index contributed by atoms with van der Waals surface area (Å²) >= 11 is 0. The van der Waals surface area contributed by atoms with E-state index in [0.717, 1.165) is 43.0 Å². The summed E-state index contributed by atoms with van der Waals surface area (Å²) in [7, 11) is 0. The van der Waals surface area contributed by atoms with Gasteiger partial charge in [0.1, 0.15) is 0 Å². The van der Waals surface area contributed by atoms with Crippen molar-refractivity contribution in [2.45, 2.75) is 45.4 Å². The topological polar surface area (TPSA) is 23.6 Å². The van der Waals surface area contributed by atoms with Crippen LogP contribution in [-0.2, 0) is 0 Å². The van der Waals surface area contributed by atoms with Crippen LogP contribution in [-0.4, -0.2) is 37.0 Å². The number of rotatable bonds is 3. The molecule has 24 heavy (non-hydrogen) atoms. The minimum absolute atomic E-state index is 0.244. The van der Waals surface area contributed by atoms with Crippen molar-refractivity contribution in [3.05, 3.63) is 29.8 Å². The van der Waals surface area contributed by atoms with Crippen LogP contribution >= 0.6 is 0 Å². The molecule has 0 aromatic heterocycles. The Balaban J connectivity index is 1.44. The standard InChI is InChI=1S/C21H30N2O/c1-2-16-11-12-22(13-16)20-9-7-19(8-10-20)21(24)23-14-17-3-4-18(15-23)6-5-17/h7-10,16-18H,2-6,11-15H2,1H3. The van der Waals surface area contributed by atoms with Gasteiger partial charge in [-0.2, -0.15) is 0 Å². The van der Waals surface area contributed by atoms with Crippen LogP contribution in [0.4, 0.5) is 5.69 Å². The third-order valence-electron chi connectivity index (χ3n) is 6.55. The van der Waals surface area contributed by atoms with Crippen LogP contribution in [0.5, 0.6) is 0 Å². The van der Waals surface area contributed by atoms with Crippen molar-refractivity contribution in [3.8, 4) is 0 Å². The fourth-order valence-electron chi connectivity index (χ4n) is 4.86. The molecular formula is C21H30N2O. The van der Waals surface area contributed by atoms with Crippen LogP contribution in [0.15, 0.2) is 24.3 Å². The zero-order chi connectivity index (χ0) is 16.5. The molecule has 0 radical (unpaired) electrons. The lowest BCUT2D eigenvalue weighted by molar-refractivity contribution is 0.0739. The van der Waals surface area contributed by atoms with E-state index >= 15 is 0 Å². The molecule has 5 rings (SSSR count). The molecule has 1 aromatic rings. The van der Waals surface area contributed by atoms with Gasteiger partial charge < -0.3 is 9.80 Å². The fourth-order valence-corrected chi connectivity index (χ4v) is 4.86. The molecule has 1 aliphatic carbocycles. The molecule has 1 amide bonds. The monoisotopic (exact) mass is 326 g/mol. The largest absolute Gasteiger partial charge is 0.371 e. The predicted molar refractivity (Wildman–Crippen MR) is 98.4 cm³/mol. The summed E-state index contributed by atoms with van der Waals surface area (Å²) in [5.41, 5.74) is 2.14. The number of nitrogens with zero attached hydrogens (tertiary/aromatic N) is 2. The molecule has 1 unspecified atom stereocenters. The van der Waals surface area contributed by atoms with E-state index in [1.54, 1.807) is 0 Å². The Morgan fingerprint density at radius 1 is 0.958 bits per heavy atom. The normalized spacial score (nSPS) is 29.8. The summed E-state index contributed by atoms with van der Waals surface area (Å²) in [6.45, 7) is 6.55. The summed E-state index contributed by atoms with van der Waals surface area (Å²) in [4.78, 5) is 17.5. The van der Waals surface area contributed by atoms with Crippen LogP contribution in [0.25, 0.3) is 0 Å².